The average Bonchev–Trinajstić information content (AvgIpc) is 2.91. The number of nitrogens with two attached hydrogens (primary N) is 1. The van der Waals surface area contributed by atoms with Crippen LogP contribution in [0.25, 0.3) is 5.76 Å². The average molecular weight is 585 g/mol. The van der Waals surface area contributed by atoms with Gasteiger partial charge in [0.2, 0.25) is 5.78 Å². The molecular weight excluding hydrogens is 548 g/mol. The largest absolute Gasteiger partial charge is 0.508 e. The maximum absolute atomic E-state index is 14.0. The lowest BCUT2D eigenvalue weighted by Crippen LogP contribution is -2.65. The van der Waals surface area contributed by atoms with Crippen LogP contribution in [0, 0.1) is 11.8 Å². The van der Waals surface area contributed by atoms with Gasteiger partial charge >= 0.3 is 6.03 Å². The molecule has 1 aromatic carbocycles. The van der Waals surface area contributed by atoms with Crippen molar-refractivity contribution in [3.05, 3.63) is 40.2 Å². The smallest absolute Gasteiger partial charge is 0.335 e. The van der Waals surface area contributed by atoms with E-state index in [4.69, 9.17) is 10.6 Å². The molecule has 2 unspecified atom stereocenters. The molecule has 2 fully saturated rings. The van der Waals surface area contributed by atoms with Crippen molar-refractivity contribution in [2.45, 2.75) is 37.3 Å². The molecule has 4 aliphatic rings. The molecule has 1 aromatic rings. The van der Waals surface area contributed by atoms with Gasteiger partial charge in [-0.05, 0) is 63.4 Å². The van der Waals surface area contributed by atoms with Crippen LogP contribution < -0.4 is 21.4 Å². The number of hydrogen-bond acceptors (Lipinski definition) is 11. The Labute approximate surface area is 242 Å². The quantitative estimate of drug-likeness (QED) is 0.262. The maximum Gasteiger partial charge on any atom is 0.335 e. The molecule has 14 nitrogen and oxygen atoms in total. The van der Waals surface area contributed by atoms with Crippen LogP contribution in [0.3, 0.4) is 0 Å². The highest BCUT2D eigenvalue weighted by Gasteiger charge is 2.64. The molecule has 1 aliphatic heterocycles. The molecule has 3 aliphatic carbocycles. The molecule has 0 aromatic heterocycles. The second kappa shape index (κ2) is 10.7. The molecule has 1 heterocycles. The second-order valence-electron chi connectivity index (χ2n) is 11.6. The van der Waals surface area contributed by atoms with Crippen molar-refractivity contribution in [1.29, 1.82) is 0 Å². The zero-order valence-electron chi connectivity index (χ0n) is 23.9. The number of nitrogens with zero attached hydrogens (tertiary/aromatic N) is 3. The Morgan fingerprint density at radius 3 is 2.45 bits per heavy atom. The van der Waals surface area contributed by atoms with Gasteiger partial charge in [-0.1, -0.05) is 5.17 Å². The molecule has 3 amide bonds. The summed E-state index contributed by atoms with van der Waals surface area (Å²) in [5.41, 5.74) is 6.36. The molecule has 5 rings (SSSR count). The highest BCUT2D eigenvalue weighted by atomic mass is 16.7. The Hall–Kier alpha value is -3.98. The van der Waals surface area contributed by atoms with Crippen LogP contribution in [0.4, 0.5) is 16.2 Å². The van der Waals surface area contributed by atoms with E-state index in [-0.39, 0.29) is 24.0 Å². The van der Waals surface area contributed by atoms with Crippen molar-refractivity contribution in [2.24, 2.45) is 17.6 Å². The van der Waals surface area contributed by atoms with Gasteiger partial charge in [0, 0.05) is 49.1 Å². The van der Waals surface area contributed by atoms with Gasteiger partial charge in [0.15, 0.2) is 11.4 Å². The van der Waals surface area contributed by atoms with E-state index in [1.807, 2.05) is 4.90 Å². The first-order valence-electron chi connectivity index (χ1n) is 13.7. The van der Waals surface area contributed by atoms with E-state index < -0.39 is 64.1 Å². The number of hydrogen-bond donors (Lipinski definition) is 6. The van der Waals surface area contributed by atoms with Gasteiger partial charge < -0.3 is 31.3 Å². The summed E-state index contributed by atoms with van der Waals surface area (Å²) in [7, 11) is 6.75. The molecule has 7 N–H and O–H groups in total. The Bertz CT molecular complexity index is 1430. The first-order valence-corrected chi connectivity index (χ1v) is 13.7. The van der Waals surface area contributed by atoms with Crippen LogP contribution in [-0.4, -0.2) is 102 Å². The molecule has 0 radical (unpaired) electrons. The van der Waals surface area contributed by atoms with E-state index in [2.05, 4.69) is 10.7 Å². The Morgan fingerprint density at radius 2 is 1.86 bits per heavy atom. The Balaban J connectivity index is 1.58. The number of Topliss-reactive ketones (excluding diaryl/α,β-unsaturated/α-hetero) is 2. The van der Waals surface area contributed by atoms with E-state index in [1.165, 1.54) is 16.1 Å². The number of amides is 3. The zero-order valence-corrected chi connectivity index (χ0v) is 23.9. The predicted molar refractivity (Wildman–Crippen MR) is 151 cm³/mol. The van der Waals surface area contributed by atoms with Crippen molar-refractivity contribution in [1.82, 2.24) is 15.5 Å². The third-order valence-corrected chi connectivity index (χ3v) is 8.53. The summed E-state index contributed by atoms with van der Waals surface area (Å²) in [6.45, 7) is 1.02. The molecular formula is C28H36N6O8. The maximum atomic E-state index is 14.0. The van der Waals surface area contributed by atoms with Crippen molar-refractivity contribution in [3.63, 3.8) is 0 Å². The molecule has 4 atom stereocenters. The molecule has 1 saturated heterocycles. The number of aliphatic hydroxyl groups is 3. The fourth-order valence-electron chi connectivity index (χ4n) is 6.65. The van der Waals surface area contributed by atoms with Crippen LogP contribution in [0.15, 0.2) is 29.0 Å². The standard InChI is InChI=1S/C28H36N6O8/c1-32(2)18-12-14(30-27(40)31-34-7-5-6-8-42-34)11-16-15(18)9-13-10-17-21(33(3)4)23(36)20(26(29)39)25(38)28(17,41)24(37)19(13)22(16)35/h11-13,17,21,35,38,41H,5-10H2,1-4H3,(H2,29,39)(H2,30,31,40)/t13?,17?,21-,28-/m0/s1. The Morgan fingerprint density at radius 1 is 1.14 bits per heavy atom. The number of carbonyl (C=O) groups is 4. The van der Waals surface area contributed by atoms with E-state index in [0.29, 0.717) is 30.1 Å². The van der Waals surface area contributed by atoms with Crippen LogP contribution >= 0.6 is 0 Å². The first-order chi connectivity index (χ1) is 19.8. The van der Waals surface area contributed by atoms with Gasteiger partial charge in [-0.2, -0.15) is 0 Å². The summed E-state index contributed by atoms with van der Waals surface area (Å²) < 4.78 is 0. The third-order valence-electron chi connectivity index (χ3n) is 8.53. The number of anilines is 2. The number of hydrazine groups is 1. The highest BCUT2D eigenvalue weighted by Crippen LogP contribution is 2.52. The molecule has 1 saturated carbocycles. The van der Waals surface area contributed by atoms with Crippen molar-refractivity contribution < 1.29 is 39.3 Å². The lowest BCUT2D eigenvalue weighted by Gasteiger charge is -2.50. The molecule has 42 heavy (non-hydrogen) atoms. The summed E-state index contributed by atoms with van der Waals surface area (Å²) in [6.07, 6.45) is 2.08. The monoisotopic (exact) mass is 584 g/mol. The van der Waals surface area contributed by atoms with Crippen LogP contribution in [0.1, 0.15) is 30.4 Å². The minimum absolute atomic E-state index is 0.0525. The number of rotatable bonds is 5. The van der Waals surface area contributed by atoms with Crippen molar-refractivity contribution in [3.8, 4) is 0 Å². The number of likely N-dealkylation sites (N-methyl/N-ethyl adjacent to an activating group) is 1. The summed E-state index contributed by atoms with van der Waals surface area (Å²) in [4.78, 5) is 60.8. The van der Waals surface area contributed by atoms with Gasteiger partial charge in [-0.25, -0.2) is 10.2 Å². The molecule has 0 bridgehead atoms. The highest BCUT2D eigenvalue weighted by molar-refractivity contribution is 6.24. The number of primary amides is 1. The van der Waals surface area contributed by atoms with Gasteiger partial charge in [-0.15, -0.1) is 0 Å². The number of ketones is 2. The lowest BCUT2D eigenvalue weighted by molar-refractivity contribution is -0.203. The van der Waals surface area contributed by atoms with Crippen molar-refractivity contribution >= 4 is 40.6 Å². The van der Waals surface area contributed by atoms with E-state index >= 15 is 0 Å². The lowest BCUT2D eigenvalue weighted by atomic mass is 9.57. The summed E-state index contributed by atoms with van der Waals surface area (Å²) >= 11 is 0. The van der Waals surface area contributed by atoms with E-state index in [9.17, 15) is 34.5 Å². The van der Waals surface area contributed by atoms with Gasteiger partial charge in [0.1, 0.15) is 17.1 Å². The number of benzene rings is 1. The second-order valence-corrected chi connectivity index (χ2v) is 11.6. The fourth-order valence-corrected chi connectivity index (χ4v) is 6.65. The number of carbonyl (C=O) groups excluding carboxylic acids is 4. The summed E-state index contributed by atoms with van der Waals surface area (Å²) in [6, 6.07) is 1.59. The van der Waals surface area contributed by atoms with E-state index in [0.717, 1.165) is 12.8 Å². The topological polar surface area (TPSA) is 198 Å². The Kier molecular flexibility index (Phi) is 7.51. The van der Waals surface area contributed by atoms with Gasteiger partial charge in [-0.3, -0.25) is 24.1 Å². The minimum atomic E-state index is -2.65. The van der Waals surface area contributed by atoms with E-state index in [1.54, 1.807) is 34.3 Å². The van der Waals surface area contributed by atoms with Crippen LogP contribution in [0.2, 0.25) is 0 Å². The van der Waals surface area contributed by atoms with Gasteiger partial charge in [0.05, 0.1) is 12.6 Å². The summed E-state index contributed by atoms with van der Waals surface area (Å²) in [5.74, 6) is -6.29. The number of aliphatic hydroxyl groups excluding tert-OH is 2. The van der Waals surface area contributed by atoms with Crippen LogP contribution in [0.5, 0.6) is 0 Å². The zero-order chi connectivity index (χ0) is 30.7. The molecule has 0 spiro atoms. The number of fused-ring (bicyclic) bond motifs is 3. The van der Waals surface area contributed by atoms with Crippen molar-refractivity contribution in [2.75, 3.05) is 51.6 Å². The van der Waals surface area contributed by atoms with Crippen LogP contribution in [-0.2, 0) is 25.6 Å². The number of hydroxylamine groups is 1. The SMILES string of the molecule is CN(C)c1cc(NC(=O)NN2CCCCO2)cc2c1CC1CC3[C@H](N(C)C)C(=O)C(C(N)=O)=C(O)[C@@]3(O)C(=O)C1=C2O. The number of urea groups is 1. The molecule has 226 valence electrons. The summed E-state index contributed by atoms with van der Waals surface area (Å²) in [5, 5.41) is 38.4. The minimum Gasteiger partial charge on any atom is -0.508 e. The van der Waals surface area contributed by atoms with Gasteiger partial charge in [0.25, 0.3) is 5.91 Å². The number of nitrogens with one attached hydrogen (secondary N) is 2. The normalized spacial score (nSPS) is 27.8. The first kappa shape index (κ1) is 29.5. The third kappa shape index (κ3) is 4.60. The fraction of sp³-hybridized carbons (Fsp3) is 0.500. The predicted octanol–water partition coefficient (Wildman–Crippen LogP) is 0.388. The molecule has 14 heteroatoms.